The molecule has 2 rings (SSSR count). The number of hydrogen-bond acceptors (Lipinski definition) is 2. The van der Waals surface area contributed by atoms with Gasteiger partial charge in [-0.2, -0.15) is 0 Å². The highest BCUT2D eigenvalue weighted by molar-refractivity contribution is 6.30. The van der Waals surface area contributed by atoms with E-state index in [1.807, 2.05) is 12.1 Å². The van der Waals surface area contributed by atoms with Crippen molar-refractivity contribution in [1.29, 1.82) is 0 Å². The molecule has 0 spiro atoms. The molecule has 0 bridgehead atoms. The molecule has 2 nitrogen and oxygen atoms in total. The Morgan fingerprint density at radius 1 is 1.36 bits per heavy atom. The second kappa shape index (κ2) is 4.30. The summed E-state index contributed by atoms with van der Waals surface area (Å²) in [6.45, 7) is 3.26. The van der Waals surface area contributed by atoms with Crippen molar-refractivity contribution >= 4 is 11.6 Å². The molecule has 0 aliphatic carbocycles. The van der Waals surface area contributed by atoms with Crippen molar-refractivity contribution in [2.24, 2.45) is 0 Å². The summed E-state index contributed by atoms with van der Waals surface area (Å²) < 4.78 is 0. The zero-order valence-corrected chi connectivity index (χ0v) is 9.09. The predicted octanol–water partition coefficient (Wildman–Crippen LogP) is 1.92. The fourth-order valence-corrected chi connectivity index (χ4v) is 1.94. The molecule has 1 aliphatic heterocycles. The molecule has 0 aromatic heterocycles. The highest BCUT2D eigenvalue weighted by Crippen LogP contribution is 2.18. The van der Waals surface area contributed by atoms with Gasteiger partial charge in [0.25, 0.3) is 0 Å². The SMILES string of the molecule is CN1CCN[C@@H](c2ccc(Cl)cc2)C1. The molecule has 0 saturated carbocycles. The smallest absolute Gasteiger partial charge is 0.0449 e. The molecule has 0 amide bonds. The van der Waals surface area contributed by atoms with E-state index in [0.717, 1.165) is 24.7 Å². The number of rotatable bonds is 1. The van der Waals surface area contributed by atoms with Gasteiger partial charge in [0.15, 0.2) is 0 Å². The summed E-state index contributed by atoms with van der Waals surface area (Å²) in [5.41, 5.74) is 1.32. The Labute approximate surface area is 89.9 Å². The summed E-state index contributed by atoms with van der Waals surface area (Å²) in [5.74, 6) is 0. The first-order valence-electron chi connectivity index (χ1n) is 4.93. The fourth-order valence-electron chi connectivity index (χ4n) is 1.82. The maximum absolute atomic E-state index is 5.85. The lowest BCUT2D eigenvalue weighted by atomic mass is 10.1. The van der Waals surface area contributed by atoms with Gasteiger partial charge in [0.2, 0.25) is 0 Å². The number of halogens is 1. The summed E-state index contributed by atoms with van der Waals surface area (Å²) in [7, 11) is 2.16. The molecule has 1 aliphatic rings. The lowest BCUT2D eigenvalue weighted by molar-refractivity contribution is 0.241. The van der Waals surface area contributed by atoms with E-state index in [1.165, 1.54) is 5.56 Å². The van der Waals surface area contributed by atoms with Gasteiger partial charge in [-0.25, -0.2) is 0 Å². The van der Waals surface area contributed by atoms with Crippen LogP contribution in [0.2, 0.25) is 5.02 Å². The minimum atomic E-state index is 0.450. The van der Waals surface area contributed by atoms with Crippen LogP contribution in [-0.4, -0.2) is 31.6 Å². The largest absolute Gasteiger partial charge is 0.308 e. The van der Waals surface area contributed by atoms with Gasteiger partial charge in [-0.1, -0.05) is 23.7 Å². The molecule has 1 atom stereocenters. The van der Waals surface area contributed by atoms with Gasteiger partial charge in [-0.3, -0.25) is 0 Å². The van der Waals surface area contributed by atoms with E-state index in [4.69, 9.17) is 11.6 Å². The molecule has 1 aromatic rings. The second-order valence-corrected chi connectivity index (χ2v) is 4.26. The molecule has 0 radical (unpaired) electrons. The molecule has 1 saturated heterocycles. The Kier molecular flexibility index (Phi) is 3.06. The van der Waals surface area contributed by atoms with Gasteiger partial charge in [-0.15, -0.1) is 0 Å². The molecule has 3 heteroatoms. The van der Waals surface area contributed by atoms with Crippen LogP contribution in [0.5, 0.6) is 0 Å². The van der Waals surface area contributed by atoms with E-state index in [1.54, 1.807) is 0 Å². The molecule has 76 valence electrons. The quantitative estimate of drug-likeness (QED) is 0.762. The molecule has 1 N–H and O–H groups in total. The lowest BCUT2D eigenvalue weighted by Gasteiger charge is -2.31. The predicted molar refractivity (Wildman–Crippen MR) is 59.7 cm³/mol. The van der Waals surface area contributed by atoms with Crippen LogP contribution in [0.25, 0.3) is 0 Å². The van der Waals surface area contributed by atoms with Crippen molar-refractivity contribution in [1.82, 2.24) is 10.2 Å². The Morgan fingerprint density at radius 2 is 2.07 bits per heavy atom. The lowest BCUT2D eigenvalue weighted by Crippen LogP contribution is -2.43. The van der Waals surface area contributed by atoms with Gasteiger partial charge in [-0.05, 0) is 24.7 Å². The van der Waals surface area contributed by atoms with Crippen LogP contribution in [0.1, 0.15) is 11.6 Å². The number of nitrogens with zero attached hydrogens (tertiary/aromatic N) is 1. The zero-order chi connectivity index (χ0) is 9.97. The Morgan fingerprint density at radius 3 is 2.71 bits per heavy atom. The summed E-state index contributed by atoms with van der Waals surface area (Å²) in [5, 5.41) is 4.30. The minimum absolute atomic E-state index is 0.450. The average molecular weight is 211 g/mol. The van der Waals surface area contributed by atoms with Crippen LogP contribution < -0.4 is 5.32 Å². The van der Waals surface area contributed by atoms with E-state index >= 15 is 0 Å². The summed E-state index contributed by atoms with van der Waals surface area (Å²) in [6, 6.07) is 8.55. The third kappa shape index (κ3) is 2.27. The maximum atomic E-state index is 5.85. The first-order valence-corrected chi connectivity index (χ1v) is 5.31. The van der Waals surface area contributed by atoms with Crippen molar-refractivity contribution in [2.75, 3.05) is 26.7 Å². The van der Waals surface area contributed by atoms with E-state index in [2.05, 4.69) is 29.4 Å². The van der Waals surface area contributed by atoms with Crippen molar-refractivity contribution in [3.05, 3.63) is 34.9 Å². The summed E-state index contributed by atoms with van der Waals surface area (Å²) in [6.07, 6.45) is 0. The molecule has 0 unspecified atom stereocenters. The number of hydrogen-bond donors (Lipinski definition) is 1. The molecular weight excluding hydrogens is 196 g/mol. The molecule has 14 heavy (non-hydrogen) atoms. The number of benzene rings is 1. The van der Waals surface area contributed by atoms with Crippen LogP contribution in [0.15, 0.2) is 24.3 Å². The third-order valence-electron chi connectivity index (χ3n) is 2.65. The van der Waals surface area contributed by atoms with Crippen LogP contribution in [0, 0.1) is 0 Å². The van der Waals surface area contributed by atoms with Gasteiger partial charge in [0.1, 0.15) is 0 Å². The van der Waals surface area contributed by atoms with Crippen LogP contribution in [-0.2, 0) is 0 Å². The Hall–Kier alpha value is -0.570. The number of nitrogens with one attached hydrogen (secondary N) is 1. The van der Waals surface area contributed by atoms with Gasteiger partial charge in [0.05, 0.1) is 0 Å². The van der Waals surface area contributed by atoms with Gasteiger partial charge >= 0.3 is 0 Å². The first kappa shape index (κ1) is 9.97. The molecule has 1 aromatic carbocycles. The molecule has 1 fully saturated rings. The van der Waals surface area contributed by atoms with Gasteiger partial charge in [0, 0.05) is 30.7 Å². The normalized spacial score (nSPS) is 23.7. The van der Waals surface area contributed by atoms with Gasteiger partial charge < -0.3 is 10.2 Å². The molecule has 1 heterocycles. The van der Waals surface area contributed by atoms with E-state index < -0.39 is 0 Å². The third-order valence-corrected chi connectivity index (χ3v) is 2.90. The number of likely N-dealkylation sites (N-methyl/N-ethyl adjacent to an activating group) is 1. The second-order valence-electron chi connectivity index (χ2n) is 3.82. The van der Waals surface area contributed by atoms with E-state index in [-0.39, 0.29) is 0 Å². The highest BCUT2D eigenvalue weighted by atomic mass is 35.5. The Balaban J connectivity index is 2.10. The summed E-state index contributed by atoms with van der Waals surface area (Å²) >= 11 is 5.85. The minimum Gasteiger partial charge on any atom is -0.308 e. The van der Waals surface area contributed by atoms with E-state index in [9.17, 15) is 0 Å². The zero-order valence-electron chi connectivity index (χ0n) is 8.33. The van der Waals surface area contributed by atoms with Crippen LogP contribution >= 0.6 is 11.6 Å². The van der Waals surface area contributed by atoms with E-state index in [0.29, 0.717) is 6.04 Å². The standard InChI is InChI=1S/C11H15ClN2/c1-14-7-6-13-11(8-14)9-2-4-10(12)5-3-9/h2-5,11,13H,6-8H2,1H3/t11-/m1/s1. The number of piperazine rings is 1. The van der Waals surface area contributed by atoms with Crippen LogP contribution in [0.3, 0.4) is 0 Å². The Bertz CT molecular complexity index is 297. The van der Waals surface area contributed by atoms with Crippen molar-refractivity contribution in [2.45, 2.75) is 6.04 Å². The molecular formula is C11H15ClN2. The average Bonchev–Trinajstić information content (AvgIpc) is 2.19. The van der Waals surface area contributed by atoms with Crippen molar-refractivity contribution in [3.8, 4) is 0 Å². The van der Waals surface area contributed by atoms with Crippen molar-refractivity contribution < 1.29 is 0 Å². The van der Waals surface area contributed by atoms with Crippen molar-refractivity contribution in [3.63, 3.8) is 0 Å². The monoisotopic (exact) mass is 210 g/mol. The van der Waals surface area contributed by atoms with Crippen LogP contribution in [0.4, 0.5) is 0 Å². The fraction of sp³-hybridized carbons (Fsp3) is 0.455. The summed E-state index contributed by atoms with van der Waals surface area (Å²) in [4.78, 5) is 2.34. The maximum Gasteiger partial charge on any atom is 0.0449 e. The topological polar surface area (TPSA) is 15.3 Å². The first-order chi connectivity index (χ1) is 6.75. The highest BCUT2D eigenvalue weighted by Gasteiger charge is 2.17.